The monoisotopic (exact) mass is 486 g/mol. The highest BCUT2D eigenvalue weighted by atomic mass is 32.2. The topological polar surface area (TPSA) is 80.5 Å². The number of amides is 1. The van der Waals surface area contributed by atoms with Crippen LogP contribution in [0.1, 0.15) is 43.0 Å². The normalized spacial score (nSPS) is 15.5. The lowest BCUT2D eigenvalue weighted by Crippen LogP contribution is -2.28. The van der Waals surface area contributed by atoms with Crippen LogP contribution in [0.3, 0.4) is 0 Å². The lowest BCUT2D eigenvalue weighted by Gasteiger charge is -2.23. The minimum Gasteiger partial charge on any atom is -0.307 e. The number of carbonyl (C=O) groups is 1. The summed E-state index contributed by atoms with van der Waals surface area (Å²) >= 11 is 0. The van der Waals surface area contributed by atoms with Crippen molar-refractivity contribution in [3.05, 3.63) is 113 Å². The molecule has 2 N–H and O–H groups in total. The third kappa shape index (κ3) is 5.78. The van der Waals surface area contributed by atoms with E-state index in [-0.39, 0.29) is 16.2 Å². The fourth-order valence-electron chi connectivity index (χ4n) is 4.07. The molecule has 0 aliphatic carbocycles. The summed E-state index contributed by atoms with van der Waals surface area (Å²) in [6, 6.07) is 24.6. The highest BCUT2D eigenvalue weighted by molar-refractivity contribution is 7.89. The van der Waals surface area contributed by atoms with Gasteiger partial charge in [-0.15, -0.1) is 0 Å². The Labute approximate surface area is 207 Å². The van der Waals surface area contributed by atoms with Crippen molar-refractivity contribution in [2.75, 3.05) is 6.54 Å². The van der Waals surface area contributed by atoms with Crippen molar-refractivity contribution in [1.29, 1.82) is 0 Å². The van der Waals surface area contributed by atoms with Crippen molar-refractivity contribution >= 4 is 27.7 Å². The summed E-state index contributed by atoms with van der Waals surface area (Å²) < 4.78 is 23.1. The van der Waals surface area contributed by atoms with Crippen LogP contribution >= 0.6 is 0 Å². The number of nitrogens with two attached hydrogens (primary N) is 1. The molecular formula is C29H30N2O3S. The van der Waals surface area contributed by atoms with Gasteiger partial charge < -0.3 is 4.90 Å². The second-order valence-corrected chi connectivity index (χ2v) is 11.3. The van der Waals surface area contributed by atoms with Crippen LogP contribution in [0.2, 0.25) is 0 Å². The Balaban J connectivity index is 1.63. The molecule has 1 aliphatic rings. The predicted molar refractivity (Wildman–Crippen MR) is 141 cm³/mol. The predicted octanol–water partition coefficient (Wildman–Crippen LogP) is 5.14. The van der Waals surface area contributed by atoms with Gasteiger partial charge in [0, 0.05) is 12.1 Å². The van der Waals surface area contributed by atoms with Crippen LogP contribution in [0.4, 0.5) is 0 Å². The second kappa shape index (κ2) is 9.64. The fraction of sp³-hybridized carbons (Fsp3) is 0.207. The highest BCUT2D eigenvalue weighted by Gasteiger charge is 2.29. The molecule has 6 heteroatoms. The SMILES string of the molecule is CC(C)(C)c1ccc(C2=C/C(=C\c3ccccc3)C(=O)N2CCc2ccc(S(N)(=O)=O)cc2)cc1. The molecule has 0 radical (unpaired) electrons. The average Bonchev–Trinajstić information content (AvgIpc) is 3.12. The minimum absolute atomic E-state index is 0.0413. The number of rotatable bonds is 6. The maximum atomic E-state index is 13.4. The molecule has 5 nitrogen and oxygen atoms in total. The van der Waals surface area contributed by atoms with Crippen molar-refractivity contribution in [3.8, 4) is 0 Å². The molecule has 0 aromatic heterocycles. The van der Waals surface area contributed by atoms with Gasteiger partial charge in [0.1, 0.15) is 0 Å². The first-order chi connectivity index (χ1) is 16.5. The van der Waals surface area contributed by atoms with Gasteiger partial charge in [-0.3, -0.25) is 4.79 Å². The summed E-state index contributed by atoms with van der Waals surface area (Å²) in [5.74, 6) is -0.0510. The van der Waals surface area contributed by atoms with Crippen molar-refractivity contribution in [2.24, 2.45) is 5.14 Å². The number of hydrogen-bond donors (Lipinski definition) is 1. The number of sulfonamides is 1. The Hall–Kier alpha value is -3.48. The van der Waals surface area contributed by atoms with E-state index in [1.807, 2.05) is 42.5 Å². The van der Waals surface area contributed by atoms with E-state index in [0.29, 0.717) is 18.5 Å². The summed E-state index contributed by atoms with van der Waals surface area (Å²) in [5.41, 5.74) is 5.64. The Bertz CT molecular complexity index is 1380. The first-order valence-corrected chi connectivity index (χ1v) is 13.1. The lowest BCUT2D eigenvalue weighted by atomic mass is 9.86. The fourth-order valence-corrected chi connectivity index (χ4v) is 4.59. The van der Waals surface area contributed by atoms with Crippen molar-refractivity contribution in [2.45, 2.75) is 37.5 Å². The number of benzene rings is 3. The molecular weight excluding hydrogens is 456 g/mol. The van der Waals surface area contributed by atoms with Crippen LogP contribution in [-0.2, 0) is 26.7 Å². The zero-order valence-corrected chi connectivity index (χ0v) is 21.0. The van der Waals surface area contributed by atoms with Gasteiger partial charge in [0.05, 0.1) is 10.6 Å². The van der Waals surface area contributed by atoms with Gasteiger partial charge in [0.2, 0.25) is 10.0 Å². The summed E-state index contributed by atoms with van der Waals surface area (Å²) in [5, 5.41) is 5.20. The molecule has 0 fully saturated rings. The molecule has 0 saturated heterocycles. The van der Waals surface area contributed by atoms with Gasteiger partial charge in [-0.1, -0.05) is 87.5 Å². The maximum absolute atomic E-state index is 13.4. The molecule has 1 heterocycles. The van der Waals surface area contributed by atoms with E-state index in [1.54, 1.807) is 17.0 Å². The third-order valence-corrected chi connectivity index (χ3v) is 7.05. The van der Waals surface area contributed by atoms with E-state index in [9.17, 15) is 13.2 Å². The van der Waals surface area contributed by atoms with Crippen molar-refractivity contribution in [1.82, 2.24) is 4.90 Å². The molecule has 1 amide bonds. The van der Waals surface area contributed by atoms with Gasteiger partial charge in [-0.2, -0.15) is 0 Å². The van der Waals surface area contributed by atoms with E-state index >= 15 is 0 Å². The molecule has 0 unspecified atom stereocenters. The molecule has 0 atom stereocenters. The van der Waals surface area contributed by atoms with E-state index in [1.165, 1.54) is 17.7 Å². The first kappa shape index (κ1) is 24.6. The summed E-state index contributed by atoms with van der Waals surface area (Å²) in [4.78, 5) is 15.3. The van der Waals surface area contributed by atoms with Crippen molar-refractivity contribution in [3.63, 3.8) is 0 Å². The van der Waals surface area contributed by atoms with Gasteiger partial charge in [-0.25, -0.2) is 13.6 Å². The maximum Gasteiger partial charge on any atom is 0.258 e. The van der Waals surface area contributed by atoms with Gasteiger partial charge in [-0.05, 0) is 58.4 Å². The molecule has 0 spiro atoms. The zero-order valence-electron chi connectivity index (χ0n) is 20.2. The molecule has 0 bridgehead atoms. The number of nitrogens with zero attached hydrogens (tertiary/aromatic N) is 1. The quantitative estimate of drug-likeness (QED) is 0.490. The molecule has 3 aromatic carbocycles. The van der Waals surface area contributed by atoms with Crippen LogP contribution in [0.25, 0.3) is 11.8 Å². The number of hydrogen-bond acceptors (Lipinski definition) is 3. The summed E-state index contributed by atoms with van der Waals surface area (Å²) in [6.07, 6.45) is 4.44. The van der Waals surface area contributed by atoms with E-state index in [0.717, 1.165) is 22.4 Å². The van der Waals surface area contributed by atoms with Gasteiger partial charge >= 0.3 is 0 Å². The minimum atomic E-state index is -3.74. The number of primary sulfonamides is 1. The molecule has 35 heavy (non-hydrogen) atoms. The Morgan fingerprint density at radius 3 is 2.09 bits per heavy atom. The molecule has 3 aromatic rings. The van der Waals surface area contributed by atoms with Crippen LogP contribution < -0.4 is 5.14 Å². The number of carbonyl (C=O) groups excluding carboxylic acids is 1. The highest BCUT2D eigenvalue weighted by Crippen LogP contribution is 2.32. The van der Waals surface area contributed by atoms with Crippen LogP contribution in [0.15, 0.2) is 95.4 Å². The van der Waals surface area contributed by atoms with E-state index in [2.05, 4.69) is 45.0 Å². The second-order valence-electron chi connectivity index (χ2n) is 9.76. The Morgan fingerprint density at radius 2 is 1.51 bits per heavy atom. The largest absolute Gasteiger partial charge is 0.307 e. The Morgan fingerprint density at radius 1 is 0.886 bits per heavy atom. The summed E-state index contributed by atoms with van der Waals surface area (Å²) in [6.45, 7) is 6.99. The van der Waals surface area contributed by atoms with Crippen molar-refractivity contribution < 1.29 is 13.2 Å². The van der Waals surface area contributed by atoms with Crippen LogP contribution in [0, 0.1) is 0 Å². The zero-order chi connectivity index (χ0) is 25.2. The smallest absolute Gasteiger partial charge is 0.258 e. The van der Waals surface area contributed by atoms with Gasteiger partial charge in [0.15, 0.2) is 0 Å². The molecule has 180 valence electrons. The third-order valence-electron chi connectivity index (χ3n) is 6.12. The van der Waals surface area contributed by atoms with Gasteiger partial charge in [0.25, 0.3) is 5.91 Å². The standard InChI is InChI=1S/C29H30N2O3S/c1-29(2,3)25-13-11-23(12-14-25)27-20-24(19-22-7-5-4-6-8-22)28(32)31(27)18-17-21-9-15-26(16-10-21)35(30,33)34/h4-16,19-20H,17-18H2,1-3H3,(H2,30,33,34)/b24-19+. The van der Waals surface area contributed by atoms with E-state index in [4.69, 9.17) is 5.14 Å². The van der Waals surface area contributed by atoms with Crippen LogP contribution in [0.5, 0.6) is 0 Å². The summed E-state index contributed by atoms with van der Waals surface area (Å²) in [7, 11) is -3.74. The molecule has 4 rings (SSSR count). The van der Waals surface area contributed by atoms with Crippen LogP contribution in [-0.4, -0.2) is 25.8 Å². The lowest BCUT2D eigenvalue weighted by molar-refractivity contribution is -0.122. The average molecular weight is 487 g/mol. The Kier molecular flexibility index (Phi) is 6.79. The molecule has 0 saturated carbocycles. The first-order valence-electron chi connectivity index (χ1n) is 11.6. The molecule has 1 aliphatic heterocycles. The van der Waals surface area contributed by atoms with E-state index < -0.39 is 10.0 Å².